The normalized spacial score (nSPS) is 16.1. The molecule has 0 radical (unpaired) electrons. The van der Waals surface area contributed by atoms with Gasteiger partial charge < -0.3 is 20.9 Å². The van der Waals surface area contributed by atoms with E-state index in [2.05, 4.69) is 32.8 Å². The van der Waals surface area contributed by atoms with Gasteiger partial charge in [0.05, 0.1) is 23.2 Å². The molecule has 1 aliphatic heterocycles. The van der Waals surface area contributed by atoms with E-state index in [0.717, 1.165) is 13.0 Å². The first-order valence-corrected chi connectivity index (χ1v) is 10.6. The van der Waals surface area contributed by atoms with Gasteiger partial charge in [-0.1, -0.05) is 0 Å². The van der Waals surface area contributed by atoms with Crippen molar-refractivity contribution in [1.29, 1.82) is 0 Å². The third-order valence-electron chi connectivity index (χ3n) is 4.85. The maximum Gasteiger partial charge on any atom is 0.146 e. The Morgan fingerprint density at radius 3 is 2.84 bits per heavy atom. The second-order valence-electron chi connectivity index (χ2n) is 6.94. The first kappa shape index (κ1) is 23.0. The van der Waals surface area contributed by atoms with Crippen molar-refractivity contribution in [3.8, 4) is 5.75 Å². The highest BCUT2D eigenvalue weighted by molar-refractivity contribution is 7.79. The summed E-state index contributed by atoms with van der Waals surface area (Å²) in [5.74, 6) is -0.453. The van der Waals surface area contributed by atoms with Gasteiger partial charge in [0.15, 0.2) is 0 Å². The van der Waals surface area contributed by atoms with Crippen LogP contribution in [0.4, 0.5) is 26.0 Å². The zero-order valence-corrected chi connectivity index (χ0v) is 17.9. The predicted molar refractivity (Wildman–Crippen MR) is 121 cm³/mol. The number of likely N-dealkylation sites (tertiary alicyclic amines) is 1. The molecule has 0 amide bonds. The zero-order valence-electron chi connectivity index (χ0n) is 17.1. The van der Waals surface area contributed by atoms with Crippen LogP contribution in [0, 0.1) is 11.6 Å². The van der Waals surface area contributed by atoms with Crippen LogP contribution in [-0.2, 0) is 0 Å². The largest absolute Gasteiger partial charge is 0.487 e. The van der Waals surface area contributed by atoms with E-state index >= 15 is 0 Å². The molecule has 3 aromatic rings. The van der Waals surface area contributed by atoms with Gasteiger partial charge in [0.25, 0.3) is 0 Å². The molecular weight excluding hydrogens is 424 g/mol. The standard InChI is InChI=1S/C20H21F2N5O2.CH4S/c21-12-1-2-16(18(7-12)29-14-3-4-27(10-14)5-6-28)26-20-19-15(22)8-13(23)9-17(19)24-11-25-20;1-2/h1-2,7-9,11,14,28H,3-6,10,23H2,(H,24,25,26);2H,1H3/t14-;/m1./s1. The first-order valence-electron chi connectivity index (χ1n) is 9.74. The van der Waals surface area contributed by atoms with Crippen LogP contribution in [0.25, 0.3) is 10.9 Å². The molecule has 4 N–H and O–H groups in total. The van der Waals surface area contributed by atoms with Crippen LogP contribution in [0.5, 0.6) is 5.75 Å². The van der Waals surface area contributed by atoms with Crippen LogP contribution >= 0.6 is 12.6 Å². The van der Waals surface area contributed by atoms with E-state index in [4.69, 9.17) is 15.6 Å². The highest BCUT2D eigenvalue weighted by Crippen LogP contribution is 2.33. The summed E-state index contributed by atoms with van der Waals surface area (Å²) in [6.07, 6.45) is 3.63. The van der Waals surface area contributed by atoms with E-state index < -0.39 is 11.6 Å². The van der Waals surface area contributed by atoms with Crippen molar-refractivity contribution in [2.24, 2.45) is 0 Å². The molecule has 7 nitrogen and oxygen atoms in total. The number of thiol groups is 1. The van der Waals surface area contributed by atoms with E-state index in [1.54, 1.807) is 12.3 Å². The minimum absolute atomic E-state index is 0.0797. The number of nitrogens with two attached hydrogens (primary N) is 1. The van der Waals surface area contributed by atoms with Gasteiger partial charge >= 0.3 is 0 Å². The number of aliphatic hydroxyl groups excluding tert-OH is 1. The maximum atomic E-state index is 14.5. The number of hydrogen-bond donors (Lipinski definition) is 4. The Balaban J connectivity index is 0.00000132. The lowest BCUT2D eigenvalue weighted by Crippen LogP contribution is -2.27. The fraction of sp³-hybridized carbons (Fsp3) is 0.333. The molecule has 2 heterocycles. The molecule has 10 heteroatoms. The third-order valence-corrected chi connectivity index (χ3v) is 4.85. The lowest BCUT2D eigenvalue weighted by atomic mass is 10.2. The molecule has 4 rings (SSSR count). The maximum absolute atomic E-state index is 14.5. The monoisotopic (exact) mass is 449 g/mol. The number of nitrogen functional groups attached to an aromatic ring is 1. The Bertz CT molecular complexity index is 1040. The summed E-state index contributed by atoms with van der Waals surface area (Å²) in [6.45, 7) is 2.09. The molecule has 0 bridgehead atoms. The van der Waals surface area contributed by atoms with E-state index in [0.29, 0.717) is 30.0 Å². The minimum Gasteiger partial charge on any atom is -0.487 e. The van der Waals surface area contributed by atoms with Gasteiger partial charge in [-0.25, -0.2) is 18.7 Å². The van der Waals surface area contributed by atoms with Gasteiger partial charge in [0.1, 0.15) is 35.6 Å². The summed E-state index contributed by atoms with van der Waals surface area (Å²) in [6, 6.07) is 6.86. The summed E-state index contributed by atoms with van der Waals surface area (Å²) in [5.41, 5.74) is 6.78. The molecule has 1 aliphatic rings. The molecule has 0 saturated carbocycles. The van der Waals surface area contributed by atoms with Crippen molar-refractivity contribution in [2.75, 3.05) is 43.5 Å². The average Bonchev–Trinajstić information content (AvgIpc) is 3.18. The number of nitrogens with zero attached hydrogens (tertiary/aromatic N) is 3. The van der Waals surface area contributed by atoms with E-state index in [-0.39, 0.29) is 29.6 Å². The Morgan fingerprint density at radius 2 is 2.06 bits per heavy atom. The Kier molecular flexibility index (Phi) is 7.83. The molecule has 0 spiro atoms. The fourth-order valence-electron chi connectivity index (χ4n) is 3.50. The number of halogens is 2. The van der Waals surface area contributed by atoms with Crippen molar-refractivity contribution in [2.45, 2.75) is 12.5 Å². The van der Waals surface area contributed by atoms with Gasteiger partial charge in [-0.3, -0.25) is 4.90 Å². The summed E-state index contributed by atoms with van der Waals surface area (Å²) < 4.78 is 34.4. The van der Waals surface area contributed by atoms with Crippen molar-refractivity contribution in [3.05, 3.63) is 48.3 Å². The second kappa shape index (κ2) is 10.6. The van der Waals surface area contributed by atoms with E-state index in [9.17, 15) is 8.78 Å². The summed E-state index contributed by atoms with van der Waals surface area (Å²) in [5, 5.41) is 12.3. The van der Waals surface area contributed by atoms with Crippen LogP contribution in [0.2, 0.25) is 0 Å². The highest BCUT2D eigenvalue weighted by Gasteiger charge is 2.24. The summed E-state index contributed by atoms with van der Waals surface area (Å²) >= 11 is 3.53. The SMILES string of the molecule is CS.Nc1cc(F)c2c(Nc3ccc(F)cc3O[C@@H]3CCN(CCO)C3)ncnc2c1. The smallest absolute Gasteiger partial charge is 0.146 e. The quantitative estimate of drug-likeness (QED) is 0.339. The average molecular weight is 450 g/mol. The van der Waals surface area contributed by atoms with Crippen molar-refractivity contribution >= 4 is 40.7 Å². The Labute approximate surface area is 184 Å². The number of aliphatic hydroxyl groups is 1. The van der Waals surface area contributed by atoms with Crippen molar-refractivity contribution < 1.29 is 18.6 Å². The Morgan fingerprint density at radius 1 is 1.26 bits per heavy atom. The van der Waals surface area contributed by atoms with Crippen molar-refractivity contribution in [1.82, 2.24) is 14.9 Å². The van der Waals surface area contributed by atoms with Gasteiger partial charge in [-0.15, -0.1) is 0 Å². The number of anilines is 3. The molecule has 1 fully saturated rings. The fourth-order valence-corrected chi connectivity index (χ4v) is 3.50. The number of nitrogens with one attached hydrogen (secondary N) is 1. The van der Waals surface area contributed by atoms with E-state index in [1.807, 2.05) is 0 Å². The van der Waals surface area contributed by atoms with Gasteiger partial charge in [-0.2, -0.15) is 12.6 Å². The molecule has 1 atom stereocenters. The van der Waals surface area contributed by atoms with Crippen LogP contribution in [0.15, 0.2) is 36.7 Å². The molecule has 2 aromatic carbocycles. The summed E-state index contributed by atoms with van der Waals surface area (Å²) in [7, 11) is 0. The molecule has 31 heavy (non-hydrogen) atoms. The van der Waals surface area contributed by atoms with Crippen LogP contribution in [0.1, 0.15) is 6.42 Å². The molecule has 1 aromatic heterocycles. The van der Waals surface area contributed by atoms with E-state index in [1.165, 1.54) is 30.6 Å². The number of β-amino-alcohol motifs (C(OH)–C–C–N with tert-alkyl or cyclic N) is 1. The number of rotatable bonds is 6. The first-order chi connectivity index (χ1) is 15.0. The molecule has 0 aliphatic carbocycles. The summed E-state index contributed by atoms with van der Waals surface area (Å²) in [4.78, 5) is 10.3. The highest BCUT2D eigenvalue weighted by atomic mass is 32.1. The minimum atomic E-state index is -0.553. The van der Waals surface area contributed by atoms with Gasteiger partial charge in [-0.05, 0) is 36.9 Å². The number of ether oxygens (including phenoxy) is 1. The van der Waals surface area contributed by atoms with Crippen LogP contribution in [0.3, 0.4) is 0 Å². The lowest BCUT2D eigenvalue weighted by molar-refractivity contribution is 0.181. The van der Waals surface area contributed by atoms with Crippen LogP contribution in [-0.4, -0.2) is 58.6 Å². The van der Waals surface area contributed by atoms with Gasteiger partial charge in [0.2, 0.25) is 0 Å². The third kappa shape index (κ3) is 5.52. The van der Waals surface area contributed by atoms with Crippen molar-refractivity contribution in [3.63, 3.8) is 0 Å². The van der Waals surface area contributed by atoms with Crippen LogP contribution < -0.4 is 15.8 Å². The molecule has 166 valence electrons. The zero-order chi connectivity index (χ0) is 22.4. The second-order valence-corrected chi connectivity index (χ2v) is 6.94. The number of hydrogen-bond acceptors (Lipinski definition) is 8. The number of fused-ring (bicyclic) bond motifs is 1. The molecular formula is C21H25F2N5O2S. The number of aromatic nitrogens is 2. The molecule has 0 unspecified atom stereocenters. The topological polar surface area (TPSA) is 96.5 Å². The number of benzene rings is 2. The Hall–Kier alpha value is -2.69. The van der Waals surface area contributed by atoms with Gasteiger partial charge in [0, 0.05) is 31.4 Å². The predicted octanol–water partition coefficient (Wildman–Crippen LogP) is 3.23. The molecule has 1 saturated heterocycles. The lowest BCUT2D eigenvalue weighted by Gasteiger charge is -2.19.